The fourth-order valence-corrected chi connectivity index (χ4v) is 22.2. The van der Waals surface area contributed by atoms with Crippen LogP contribution >= 0.6 is 15.4 Å². The quantitative estimate of drug-likeness (QED) is 0.0797. The first kappa shape index (κ1) is 72.0. The zero-order valence-corrected chi connectivity index (χ0v) is 64.0. The zero-order valence-electron chi connectivity index (χ0n) is 61.4. The van der Waals surface area contributed by atoms with Crippen molar-refractivity contribution < 1.29 is 44.2 Å². The number of hydrogen-bond donors (Lipinski definition) is 1. The molecule has 0 bridgehead atoms. The molecule has 0 radical (unpaired) electrons. The van der Waals surface area contributed by atoms with Crippen LogP contribution < -0.4 is 23.0 Å². The molecule has 0 saturated carbocycles. The van der Waals surface area contributed by atoms with E-state index in [9.17, 15) is 0 Å². The summed E-state index contributed by atoms with van der Waals surface area (Å²) in [6.07, 6.45) is 7.40. The van der Waals surface area contributed by atoms with E-state index in [-0.39, 0.29) is 23.0 Å². The van der Waals surface area contributed by atoms with E-state index in [0.717, 1.165) is 136 Å². The van der Waals surface area contributed by atoms with Gasteiger partial charge in [-0.15, -0.1) is 0 Å². The summed E-state index contributed by atoms with van der Waals surface area (Å²) < 4.78 is 133. The third-order valence-electron chi connectivity index (χ3n) is 21.3. The lowest BCUT2D eigenvalue weighted by Crippen LogP contribution is -2.26. The van der Waals surface area contributed by atoms with Crippen LogP contribution in [0.2, 0.25) is 0 Å². The highest BCUT2D eigenvalue weighted by atomic mass is 32.2. The van der Waals surface area contributed by atoms with E-state index in [2.05, 4.69) is 141 Å². The Balaban J connectivity index is 1.21. The van der Waals surface area contributed by atoms with Crippen LogP contribution in [0.5, 0.6) is 23.0 Å². The molecule has 2 aliphatic heterocycles. The largest absolute Gasteiger partial charge is 0.522 e. The van der Waals surface area contributed by atoms with Crippen LogP contribution in [0.25, 0.3) is 110 Å². The number of fused-ring (bicyclic) bond motifs is 14. The topological polar surface area (TPSA) is 113 Å². The summed E-state index contributed by atoms with van der Waals surface area (Å²) in [5.74, 6) is 0.0857. The van der Waals surface area contributed by atoms with Gasteiger partial charge in [0.05, 0.1) is 0 Å². The van der Waals surface area contributed by atoms with Crippen molar-refractivity contribution in [1.82, 2.24) is 4.86 Å². The molecule has 14 rings (SSSR count). The molecule has 0 aliphatic carbocycles. The van der Waals surface area contributed by atoms with E-state index in [0.29, 0.717) is 117 Å². The second kappa shape index (κ2) is 28.5. The Bertz CT molecular complexity index is 5310. The fraction of sp³-hybridized carbons (Fsp3) is 0.281. The molecule has 0 aromatic heterocycles. The minimum atomic E-state index is -6.77. The monoisotopic (exact) mass is 1450 g/mol. The molecule has 15 heteroatoms. The first-order chi connectivity index (χ1) is 50.2. The third-order valence-corrected chi connectivity index (χ3v) is 27.3. The van der Waals surface area contributed by atoms with Crippen molar-refractivity contribution in [1.29, 1.82) is 0 Å². The second-order valence-electron chi connectivity index (χ2n) is 27.3. The highest BCUT2D eigenvalue weighted by Crippen LogP contribution is 2.71. The van der Waals surface area contributed by atoms with Gasteiger partial charge >= 0.3 is 30.9 Å². The van der Waals surface area contributed by atoms with E-state index in [1.54, 1.807) is 0 Å². The lowest BCUT2D eigenvalue weighted by atomic mass is 9.82. The molecule has 0 fully saturated rings. The van der Waals surface area contributed by atoms with Crippen molar-refractivity contribution in [3.63, 3.8) is 0 Å². The summed E-state index contributed by atoms with van der Waals surface area (Å²) in [5.41, 5.74) is 12.9. The molecule has 0 unspecified atom stereocenters. The molecule has 0 amide bonds. The van der Waals surface area contributed by atoms with Crippen molar-refractivity contribution in [2.24, 2.45) is 4.15 Å². The number of aryl methyl sites for hydroxylation is 12. The van der Waals surface area contributed by atoms with Gasteiger partial charge in [0.15, 0.2) is 0 Å². The van der Waals surface area contributed by atoms with Crippen molar-refractivity contribution in [2.45, 2.75) is 166 Å². The van der Waals surface area contributed by atoms with Gasteiger partial charge in [-0.25, -0.2) is 4.57 Å². The van der Waals surface area contributed by atoms with Gasteiger partial charge < -0.3 is 18.1 Å². The standard InChI is InChI=1S/C89H89F3N2O7P2S/c1-13-53-41-57(17-5)77(58(18-6)42-53)73-49-65-33-25-29-37-69(65)81-82-70-38-30-26-34-66(70)50-74(78-59(19-7)43-54(14-2)44-60(78)20-8)86(82)99-102(98-85(73)81,94-104(96,97)89(90,91)92)93-103(95)100-87-75(79-61(21-9)45-55(15-3)46-62(79)22-10)51-67-35-27-31-39-71(67)83(87)84-72-40-32-28-36-68(72)52-76(88(84)101-103)80-63(23-11)47-56(16-4)48-64(80)24-12/h25-52H,13-24H2,1-12H3,(H,93,95). The van der Waals surface area contributed by atoms with E-state index >= 15 is 26.2 Å². The molecule has 12 aromatic carbocycles. The second-order valence-corrected chi connectivity index (χ2v) is 32.9. The number of nitrogens with zero attached hydrogens (tertiary/aromatic N) is 1. The maximum Gasteiger partial charge on any atom is 0.522 e. The maximum absolute atomic E-state index is 18.6. The molecule has 12 aromatic rings. The Morgan fingerprint density at radius 3 is 0.760 bits per heavy atom. The number of alkyl halides is 3. The van der Waals surface area contributed by atoms with Crippen LogP contribution in [0.3, 0.4) is 0 Å². The summed E-state index contributed by atoms with van der Waals surface area (Å²) in [5, 5.41) is 5.81. The average molecular weight is 1450 g/mol. The molecular formula is C89H89F3N2O7P2S. The van der Waals surface area contributed by atoms with Crippen molar-refractivity contribution in [2.75, 3.05) is 0 Å². The van der Waals surface area contributed by atoms with Gasteiger partial charge in [0.1, 0.15) is 23.0 Å². The fourth-order valence-electron chi connectivity index (χ4n) is 16.2. The summed E-state index contributed by atoms with van der Waals surface area (Å²) in [7, 11) is -18.4. The Hall–Kier alpha value is -8.96. The predicted molar refractivity (Wildman–Crippen MR) is 426 cm³/mol. The average Bonchev–Trinajstić information content (AvgIpc) is 1.48. The summed E-state index contributed by atoms with van der Waals surface area (Å²) in [4.78, 5) is 3.06. The molecular weight excluding hydrogens is 1360 g/mol. The number of sulfonamides is 1. The summed E-state index contributed by atoms with van der Waals surface area (Å²) >= 11 is 0. The molecule has 2 aliphatic rings. The minimum absolute atomic E-state index is 0.0407. The Labute approximate surface area is 610 Å². The Morgan fingerprint density at radius 2 is 0.548 bits per heavy atom. The first-order valence-corrected chi connectivity index (χ1v) is 41.7. The van der Waals surface area contributed by atoms with E-state index in [1.165, 1.54) is 0 Å². The third kappa shape index (κ3) is 12.4. The Kier molecular flexibility index (Phi) is 19.7. The Morgan fingerprint density at radius 1 is 0.327 bits per heavy atom. The smallest absolute Gasteiger partial charge is 0.417 e. The first-order valence-electron chi connectivity index (χ1n) is 37.1. The molecule has 1 N–H and O–H groups in total. The number of benzene rings is 12. The van der Waals surface area contributed by atoms with Gasteiger partial charge in [-0.2, -0.15) is 21.6 Å². The van der Waals surface area contributed by atoms with Gasteiger partial charge in [-0.3, -0.25) is 0 Å². The van der Waals surface area contributed by atoms with E-state index < -0.39 is 30.9 Å². The predicted octanol–water partition coefficient (Wildman–Crippen LogP) is 25.8. The number of hydrogen-bond acceptors (Lipinski definition) is 7. The van der Waals surface area contributed by atoms with Gasteiger partial charge in [-0.1, -0.05) is 238 Å². The summed E-state index contributed by atoms with van der Waals surface area (Å²) in [6.45, 7) is 25.1. The van der Waals surface area contributed by atoms with Crippen LogP contribution in [0.15, 0.2) is 174 Å². The van der Waals surface area contributed by atoms with Crippen LogP contribution in [-0.4, -0.2) is 13.9 Å². The van der Waals surface area contributed by atoms with Crippen LogP contribution in [0.4, 0.5) is 13.2 Å². The van der Waals surface area contributed by atoms with Crippen molar-refractivity contribution in [3.05, 3.63) is 237 Å². The SMILES string of the molecule is CCc1cc(CC)c(-c2cc3ccccc3c3c2OP(=O)(NP2(=NS(=O)(=O)C(F)(F)F)Oc4c(-c5c(CC)cc(CC)cc5CC)cc5ccccc5c4-c4c(c(-c5c(CC)cc(CC)cc5CC)cc5ccccc45)O2)Oc2c(-c4c(CC)cc(CC)cc4CC)cc4ccccc4c2-3)c(CC)c1. The maximum atomic E-state index is 18.6. The normalized spacial score (nSPS) is 13.8. The van der Waals surface area contributed by atoms with Gasteiger partial charge in [0.25, 0.3) is 0 Å². The van der Waals surface area contributed by atoms with E-state index in [1.807, 2.05) is 121 Å². The van der Waals surface area contributed by atoms with Gasteiger partial charge in [0, 0.05) is 44.5 Å². The molecule has 9 nitrogen and oxygen atoms in total. The van der Waals surface area contributed by atoms with Crippen molar-refractivity contribution in [3.8, 4) is 89.8 Å². The number of rotatable bonds is 19. The molecule has 104 heavy (non-hydrogen) atoms. The lowest BCUT2D eigenvalue weighted by molar-refractivity contribution is -0.0435. The molecule has 534 valence electrons. The van der Waals surface area contributed by atoms with Crippen LogP contribution in [0.1, 0.15) is 150 Å². The molecule has 0 spiro atoms. The zero-order chi connectivity index (χ0) is 73.3. The minimum Gasteiger partial charge on any atom is -0.417 e. The number of nitrogens with one attached hydrogen (secondary N) is 1. The molecule has 2 heterocycles. The lowest BCUT2D eigenvalue weighted by Gasteiger charge is -2.30. The highest BCUT2D eigenvalue weighted by Gasteiger charge is 2.54. The highest BCUT2D eigenvalue weighted by molar-refractivity contribution is 7.94. The van der Waals surface area contributed by atoms with Crippen LogP contribution in [-0.2, 0) is 91.6 Å². The van der Waals surface area contributed by atoms with E-state index in [4.69, 9.17) is 18.1 Å². The van der Waals surface area contributed by atoms with Gasteiger partial charge in [0.2, 0.25) is 0 Å². The molecule has 0 saturated heterocycles. The van der Waals surface area contributed by atoms with Gasteiger partial charge in [-0.05, 0) is 233 Å². The van der Waals surface area contributed by atoms with Crippen LogP contribution in [0, 0.1) is 0 Å². The summed E-state index contributed by atoms with van der Waals surface area (Å²) in [6, 6.07) is 56.9. The molecule has 0 atom stereocenters. The number of halogens is 3. The van der Waals surface area contributed by atoms with Crippen molar-refractivity contribution >= 4 is 68.5 Å².